The topological polar surface area (TPSA) is 33.5 Å². The van der Waals surface area contributed by atoms with Crippen LogP contribution >= 0.6 is 0 Å². The normalized spacial score (nSPS) is 13.9. The van der Waals surface area contributed by atoms with Crippen molar-refractivity contribution in [2.24, 2.45) is 0 Å². The quantitative estimate of drug-likeness (QED) is 0.280. The Bertz CT molecular complexity index is 1410. The maximum absolute atomic E-state index is 6.44. The van der Waals surface area contributed by atoms with Crippen molar-refractivity contribution in [3.63, 3.8) is 0 Å². The fourth-order valence-electron chi connectivity index (χ4n) is 4.57. The van der Waals surface area contributed by atoms with Crippen LogP contribution in [0.2, 0.25) is 0 Å². The fraction of sp³-hybridized carbons (Fsp3) is 0.281. The molecular formula is C32H36N4O. The van der Waals surface area contributed by atoms with Crippen molar-refractivity contribution >= 4 is 5.69 Å². The van der Waals surface area contributed by atoms with Gasteiger partial charge in [0.2, 0.25) is 0 Å². The van der Waals surface area contributed by atoms with Gasteiger partial charge in [0.25, 0.3) is 0 Å². The standard InChI is InChI=1S/C32H36N4O/c1-31(2,3)25-17-28(35-16-15-34(6)23-35)20-30(18-25)37-29-14-10-13-27(19-29)36-22-26(21-33-36)32(4,5)24-11-8-7-9-12-24/h7-22H,23H2,1-6H3. The van der Waals surface area contributed by atoms with E-state index < -0.39 is 0 Å². The van der Waals surface area contributed by atoms with Crippen LogP contribution in [0.25, 0.3) is 5.69 Å². The van der Waals surface area contributed by atoms with Gasteiger partial charge in [-0.15, -0.1) is 0 Å². The SMILES string of the molecule is CN1C=CN(c2cc(Oc3cccc(-n4cc(C(C)(C)c5ccccc5)cn4)c3)cc(C(C)(C)C)c2)C1. The van der Waals surface area contributed by atoms with E-state index in [1.807, 2.05) is 29.1 Å². The summed E-state index contributed by atoms with van der Waals surface area (Å²) in [6.45, 7) is 12.0. The van der Waals surface area contributed by atoms with Crippen LogP contribution in [0, 0.1) is 0 Å². The van der Waals surface area contributed by atoms with Crippen molar-refractivity contribution in [2.75, 3.05) is 18.6 Å². The van der Waals surface area contributed by atoms with E-state index in [9.17, 15) is 0 Å². The van der Waals surface area contributed by atoms with Gasteiger partial charge < -0.3 is 14.5 Å². The molecule has 5 rings (SSSR count). The van der Waals surface area contributed by atoms with Gasteiger partial charge in [-0.05, 0) is 40.8 Å². The number of ether oxygens (including phenoxy) is 1. The molecule has 0 N–H and O–H groups in total. The lowest BCUT2D eigenvalue weighted by Crippen LogP contribution is -2.22. The molecule has 0 radical (unpaired) electrons. The molecule has 1 aliphatic heterocycles. The second kappa shape index (κ2) is 9.47. The summed E-state index contributed by atoms with van der Waals surface area (Å²) in [5.41, 5.74) is 5.61. The number of nitrogens with zero attached hydrogens (tertiary/aromatic N) is 4. The van der Waals surface area contributed by atoms with Crippen LogP contribution in [-0.2, 0) is 10.8 Å². The Morgan fingerprint density at radius 3 is 2.19 bits per heavy atom. The first-order valence-electron chi connectivity index (χ1n) is 12.8. The van der Waals surface area contributed by atoms with Gasteiger partial charge in [0, 0.05) is 54.4 Å². The predicted molar refractivity (Wildman–Crippen MR) is 152 cm³/mol. The highest BCUT2D eigenvalue weighted by Gasteiger charge is 2.25. The summed E-state index contributed by atoms with van der Waals surface area (Å²) in [4.78, 5) is 4.39. The molecule has 0 saturated carbocycles. The average molecular weight is 493 g/mol. The number of hydrogen-bond donors (Lipinski definition) is 0. The van der Waals surface area contributed by atoms with Crippen LogP contribution in [0.15, 0.2) is 97.6 Å². The Labute approximate surface area is 220 Å². The van der Waals surface area contributed by atoms with Crippen molar-refractivity contribution in [2.45, 2.75) is 45.4 Å². The summed E-state index contributed by atoms with van der Waals surface area (Å²) in [6.07, 6.45) is 8.27. The molecule has 3 aromatic carbocycles. The zero-order valence-electron chi connectivity index (χ0n) is 22.6. The third-order valence-electron chi connectivity index (χ3n) is 7.08. The molecule has 0 unspecified atom stereocenters. The first-order valence-corrected chi connectivity index (χ1v) is 12.8. The maximum atomic E-state index is 6.44. The van der Waals surface area contributed by atoms with Crippen molar-refractivity contribution in [3.05, 3.63) is 114 Å². The second-order valence-electron chi connectivity index (χ2n) is 11.4. The van der Waals surface area contributed by atoms with Crippen LogP contribution in [0.3, 0.4) is 0 Å². The van der Waals surface area contributed by atoms with Crippen LogP contribution < -0.4 is 9.64 Å². The number of aromatic nitrogens is 2. The molecule has 0 atom stereocenters. The van der Waals surface area contributed by atoms with Crippen LogP contribution in [0.5, 0.6) is 11.5 Å². The van der Waals surface area contributed by atoms with E-state index in [1.165, 1.54) is 11.1 Å². The van der Waals surface area contributed by atoms with Gasteiger partial charge in [-0.2, -0.15) is 5.10 Å². The van der Waals surface area contributed by atoms with Crippen LogP contribution in [0.1, 0.15) is 51.3 Å². The largest absolute Gasteiger partial charge is 0.457 e. The highest BCUT2D eigenvalue weighted by Crippen LogP contribution is 2.35. The molecule has 5 heteroatoms. The molecule has 5 nitrogen and oxygen atoms in total. The Kier molecular flexibility index (Phi) is 6.32. The highest BCUT2D eigenvalue weighted by atomic mass is 16.5. The van der Waals surface area contributed by atoms with Crippen LogP contribution in [-0.4, -0.2) is 28.4 Å². The number of rotatable bonds is 6. The molecule has 0 spiro atoms. The molecule has 0 fully saturated rings. The zero-order chi connectivity index (χ0) is 26.2. The molecule has 2 heterocycles. The summed E-state index contributed by atoms with van der Waals surface area (Å²) in [6, 6.07) is 25.2. The monoisotopic (exact) mass is 492 g/mol. The van der Waals surface area contributed by atoms with Gasteiger partial charge in [-0.25, -0.2) is 4.68 Å². The van der Waals surface area contributed by atoms with Crippen LogP contribution in [0.4, 0.5) is 5.69 Å². The molecule has 1 aliphatic rings. The van der Waals surface area contributed by atoms with Crippen molar-refractivity contribution in [1.29, 1.82) is 0 Å². The third kappa shape index (κ3) is 5.26. The molecule has 1 aromatic heterocycles. The summed E-state index contributed by atoms with van der Waals surface area (Å²) in [7, 11) is 2.08. The van der Waals surface area contributed by atoms with E-state index >= 15 is 0 Å². The molecule has 0 aliphatic carbocycles. The Hall–Kier alpha value is -3.99. The lowest BCUT2D eigenvalue weighted by molar-refractivity contribution is 0.476. The van der Waals surface area contributed by atoms with E-state index in [0.29, 0.717) is 0 Å². The van der Waals surface area contributed by atoms with Gasteiger partial charge in [-0.1, -0.05) is 71.0 Å². The molecule has 0 bridgehead atoms. The smallest absolute Gasteiger partial charge is 0.129 e. The summed E-state index contributed by atoms with van der Waals surface area (Å²) >= 11 is 0. The van der Waals surface area contributed by atoms with E-state index in [-0.39, 0.29) is 10.8 Å². The Balaban J connectivity index is 1.43. The summed E-state index contributed by atoms with van der Waals surface area (Å²) in [5, 5.41) is 4.69. The van der Waals surface area contributed by atoms with E-state index in [1.54, 1.807) is 0 Å². The van der Waals surface area contributed by atoms with Gasteiger partial charge >= 0.3 is 0 Å². The molecule has 0 saturated heterocycles. The predicted octanol–water partition coefficient (Wildman–Crippen LogP) is 7.47. The lowest BCUT2D eigenvalue weighted by Gasteiger charge is -2.25. The zero-order valence-corrected chi connectivity index (χ0v) is 22.6. The van der Waals surface area contributed by atoms with E-state index in [0.717, 1.165) is 35.1 Å². The van der Waals surface area contributed by atoms with Gasteiger partial charge in [0.1, 0.15) is 11.5 Å². The van der Waals surface area contributed by atoms with Crippen molar-refractivity contribution < 1.29 is 4.74 Å². The molecule has 0 amide bonds. The van der Waals surface area contributed by atoms with E-state index in [4.69, 9.17) is 4.74 Å². The first kappa shape index (κ1) is 24.7. The molecule has 37 heavy (non-hydrogen) atoms. The molecule has 4 aromatic rings. The lowest BCUT2D eigenvalue weighted by atomic mass is 9.80. The number of hydrogen-bond acceptors (Lipinski definition) is 4. The molecular weight excluding hydrogens is 456 g/mol. The minimum Gasteiger partial charge on any atom is -0.457 e. The Morgan fingerprint density at radius 2 is 1.49 bits per heavy atom. The van der Waals surface area contributed by atoms with Gasteiger partial charge in [-0.3, -0.25) is 0 Å². The number of benzene rings is 3. The molecule has 190 valence electrons. The van der Waals surface area contributed by atoms with Crippen molar-refractivity contribution in [3.8, 4) is 17.2 Å². The summed E-state index contributed by atoms with van der Waals surface area (Å²) < 4.78 is 8.37. The maximum Gasteiger partial charge on any atom is 0.129 e. The Morgan fingerprint density at radius 1 is 0.730 bits per heavy atom. The van der Waals surface area contributed by atoms with E-state index in [2.05, 4.69) is 130 Å². The highest BCUT2D eigenvalue weighted by molar-refractivity contribution is 5.58. The third-order valence-corrected chi connectivity index (χ3v) is 7.08. The van der Waals surface area contributed by atoms with Crippen molar-refractivity contribution in [1.82, 2.24) is 14.7 Å². The fourth-order valence-corrected chi connectivity index (χ4v) is 4.57. The number of anilines is 1. The minimum absolute atomic E-state index is 0.00231. The van der Waals surface area contributed by atoms with Gasteiger partial charge in [0.15, 0.2) is 0 Å². The minimum atomic E-state index is -0.143. The summed E-state index contributed by atoms with van der Waals surface area (Å²) in [5.74, 6) is 1.61. The van der Waals surface area contributed by atoms with Gasteiger partial charge in [0.05, 0.1) is 18.6 Å². The second-order valence-corrected chi connectivity index (χ2v) is 11.4. The average Bonchev–Trinajstić information content (AvgIpc) is 3.54. The first-order chi connectivity index (χ1) is 17.6.